The number of nitrogens with one attached hydrogen (secondary N) is 1. The van der Waals surface area contributed by atoms with Gasteiger partial charge in [-0.1, -0.05) is 13.3 Å². The predicted octanol–water partition coefficient (Wildman–Crippen LogP) is 1.58. The van der Waals surface area contributed by atoms with Crippen molar-refractivity contribution in [3.63, 3.8) is 0 Å². The molecule has 0 spiro atoms. The second kappa shape index (κ2) is 6.62. The molecule has 0 fully saturated rings. The molecule has 0 unspecified atom stereocenters. The molecule has 16 heavy (non-hydrogen) atoms. The van der Waals surface area contributed by atoms with Crippen molar-refractivity contribution in [2.24, 2.45) is 5.84 Å². The van der Waals surface area contributed by atoms with Gasteiger partial charge in [0.1, 0.15) is 0 Å². The van der Waals surface area contributed by atoms with Crippen LogP contribution < -0.4 is 11.3 Å². The molecule has 1 aromatic rings. The van der Waals surface area contributed by atoms with Gasteiger partial charge in [-0.05, 0) is 37.0 Å². The molecule has 0 aromatic carbocycles. The number of nitrogen functional groups attached to an aromatic ring is 1. The summed E-state index contributed by atoms with van der Waals surface area (Å²) in [6, 6.07) is 1.98. The Balaban J connectivity index is 2.59. The van der Waals surface area contributed by atoms with Crippen LogP contribution in [0.25, 0.3) is 0 Å². The first-order valence-electron chi connectivity index (χ1n) is 5.44. The summed E-state index contributed by atoms with van der Waals surface area (Å²) in [5, 5.41) is 1.92. The zero-order chi connectivity index (χ0) is 12.0. The van der Waals surface area contributed by atoms with Gasteiger partial charge >= 0.3 is 0 Å². The van der Waals surface area contributed by atoms with E-state index in [2.05, 4.69) is 24.3 Å². The molecular weight excluding hydrogens is 222 g/mol. The molecule has 0 atom stereocenters. The lowest BCUT2D eigenvalue weighted by Gasteiger charge is -2.16. The third-order valence-corrected chi connectivity index (χ3v) is 3.37. The topological polar surface area (TPSA) is 58.4 Å². The van der Waals surface area contributed by atoms with Crippen LogP contribution in [0.4, 0.5) is 0 Å². The van der Waals surface area contributed by atoms with E-state index in [4.69, 9.17) is 5.84 Å². The summed E-state index contributed by atoms with van der Waals surface area (Å²) in [5.74, 6) is 4.94. The summed E-state index contributed by atoms with van der Waals surface area (Å²) in [4.78, 5) is 14.4. The highest BCUT2D eigenvalue weighted by Crippen LogP contribution is 2.18. The number of carbonyl (C=O) groups excluding carboxylic acids is 1. The Morgan fingerprint density at radius 3 is 3.00 bits per heavy atom. The van der Waals surface area contributed by atoms with Gasteiger partial charge in [0.05, 0.1) is 4.88 Å². The van der Waals surface area contributed by atoms with E-state index in [-0.39, 0.29) is 5.91 Å². The predicted molar refractivity (Wildman–Crippen MR) is 67.2 cm³/mol. The zero-order valence-corrected chi connectivity index (χ0v) is 10.6. The molecule has 0 saturated heterocycles. The molecule has 3 N–H and O–H groups in total. The van der Waals surface area contributed by atoms with Crippen LogP contribution >= 0.6 is 11.3 Å². The van der Waals surface area contributed by atoms with Crippen molar-refractivity contribution in [2.45, 2.75) is 26.3 Å². The van der Waals surface area contributed by atoms with Gasteiger partial charge in [0.25, 0.3) is 5.91 Å². The Morgan fingerprint density at radius 1 is 1.62 bits per heavy atom. The summed E-state index contributed by atoms with van der Waals surface area (Å²) in [7, 11) is 2.07. The Morgan fingerprint density at radius 2 is 2.38 bits per heavy atom. The van der Waals surface area contributed by atoms with Crippen LogP contribution in [0.1, 0.15) is 35.0 Å². The molecule has 4 nitrogen and oxygen atoms in total. The summed E-state index contributed by atoms with van der Waals surface area (Å²) in [6.07, 6.45) is 2.36. The van der Waals surface area contributed by atoms with Gasteiger partial charge in [-0.15, -0.1) is 11.3 Å². The lowest BCUT2D eigenvalue weighted by molar-refractivity contribution is 0.0956. The van der Waals surface area contributed by atoms with Crippen molar-refractivity contribution in [1.82, 2.24) is 10.3 Å². The fourth-order valence-corrected chi connectivity index (χ4v) is 2.34. The Bertz CT molecular complexity index is 338. The highest BCUT2D eigenvalue weighted by atomic mass is 32.1. The Kier molecular flexibility index (Phi) is 5.45. The van der Waals surface area contributed by atoms with E-state index >= 15 is 0 Å². The molecule has 1 aromatic heterocycles. The molecule has 1 amide bonds. The molecule has 0 aliphatic heterocycles. The van der Waals surface area contributed by atoms with E-state index in [0.717, 1.165) is 18.7 Å². The quantitative estimate of drug-likeness (QED) is 0.452. The van der Waals surface area contributed by atoms with Crippen LogP contribution in [0.3, 0.4) is 0 Å². The van der Waals surface area contributed by atoms with Crippen molar-refractivity contribution in [3.05, 3.63) is 21.9 Å². The third kappa shape index (κ3) is 3.59. The number of hydrogen-bond donors (Lipinski definition) is 2. The van der Waals surface area contributed by atoms with Gasteiger partial charge in [-0.2, -0.15) is 0 Å². The van der Waals surface area contributed by atoms with Gasteiger partial charge in [0.2, 0.25) is 0 Å². The SMILES string of the molecule is CCCCN(C)Cc1ccsc1C(=O)NN. The molecule has 1 rings (SSSR count). The summed E-state index contributed by atoms with van der Waals surface area (Å²) >= 11 is 1.43. The average molecular weight is 241 g/mol. The van der Waals surface area contributed by atoms with E-state index < -0.39 is 0 Å². The first kappa shape index (κ1) is 13.2. The molecule has 90 valence electrons. The maximum atomic E-state index is 11.4. The molecule has 0 radical (unpaired) electrons. The van der Waals surface area contributed by atoms with Crippen LogP contribution in [0.2, 0.25) is 0 Å². The lowest BCUT2D eigenvalue weighted by atomic mass is 10.2. The maximum absolute atomic E-state index is 11.4. The van der Waals surface area contributed by atoms with E-state index in [1.807, 2.05) is 11.4 Å². The van der Waals surface area contributed by atoms with Crippen LogP contribution in [0, 0.1) is 0 Å². The average Bonchev–Trinajstić information content (AvgIpc) is 2.73. The second-order valence-corrected chi connectivity index (χ2v) is 4.76. The largest absolute Gasteiger partial charge is 0.302 e. The summed E-state index contributed by atoms with van der Waals surface area (Å²) in [6.45, 7) is 4.02. The minimum absolute atomic E-state index is 0.200. The Labute approximate surface area is 100 Å². The number of amides is 1. The first-order valence-corrected chi connectivity index (χ1v) is 6.32. The van der Waals surface area contributed by atoms with Gasteiger partial charge in [-0.25, -0.2) is 5.84 Å². The Hall–Kier alpha value is -0.910. The fourth-order valence-electron chi connectivity index (χ4n) is 1.52. The molecular formula is C11H19N3OS. The molecule has 0 aliphatic rings. The lowest BCUT2D eigenvalue weighted by Crippen LogP contribution is -2.30. The van der Waals surface area contributed by atoms with Crippen molar-refractivity contribution < 1.29 is 4.79 Å². The van der Waals surface area contributed by atoms with Crippen molar-refractivity contribution in [2.75, 3.05) is 13.6 Å². The number of rotatable bonds is 6. The molecule has 5 heteroatoms. The first-order chi connectivity index (χ1) is 7.69. The number of hydrogen-bond acceptors (Lipinski definition) is 4. The standard InChI is InChI=1S/C11H19N3OS/c1-3-4-6-14(2)8-9-5-7-16-10(9)11(15)13-12/h5,7H,3-4,6,8,12H2,1-2H3,(H,13,15). The second-order valence-electron chi connectivity index (χ2n) is 3.84. The fraction of sp³-hybridized carbons (Fsp3) is 0.545. The number of unbranched alkanes of at least 4 members (excludes halogenated alkanes) is 1. The minimum Gasteiger partial charge on any atom is -0.302 e. The molecule has 0 aliphatic carbocycles. The number of thiophene rings is 1. The highest BCUT2D eigenvalue weighted by Gasteiger charge is 2.12. The monoisotopic (exact) mass is 241 g/mol. The summed E-state index contributed by atoms with van der Waals surface area (Å²) in [5.41, 5.74) is 3.22. The van der Waals surface area contributed by atoms with Crippen LogP contribution in [0.5, 0.6) is 0 Å². The molecule has 1 heterocycles. The van der Waals surface area contributed by atoms with Crippen molar-refractivity contribution >= 4 is 17.2 Å². The third-order valence-electron chi connectivity index (χ3n) is 2.42. The molecule has 0 bridgehead atoms. The number of nitrogens with zero attached hydrogens (tertiary/aromatic N) is 1. The normalized spacial score (nSPS) is 10.8. The van der Waals surface area contributed by atoms with E-state index in [0.29, 0.717) is 4.88 Å². The van der Waals surface area contributed by atoms with Crippen molar-refractivity contribution in [3.8, 4) is 0 Å². The summed E-state index contributed by atoms with van der Waals surface area (Å²) < 4.78 is 0. The smallest absolute Gasteiger partial charge is 0.275 e. The van der Waals surface area contributed by atoms with Gasteiger partial charge in [0.15, 0.2) is 0 Å². The van der Waals surface area contributed by atoms with Crippen LogP contribution in [-0.4, -0.2) is 24.4 Å². The van der Waals surface area contributed by atoms with Crippen LogP contribution in [-0.2, 0) is 6.54 Å². The highest BCUT2D eigenvalue weighted by molar-refractivity contribution is 7.12. The van der Waals surface area contributed by atoms with E-state index in [1.54, 1.807) is 0 Å². The van der Waals surface area contributed by atoms with Crippen LogP contribution in [0.15, 0.2) is 11.4 Å². The number of nitrogens with two attached hydrogens (primary N) is 1. The number of hydrazine groups is 1. The maximum Gasteiger partial charge on any atom is 0.275 e. The van der Waals surface area contributed by atoms with E-state index in [1.165, 1.54) is 24.2 Å². The van der Waals surface area contributed by atoms with Gasteiger partial charge < -0.3 is 4.90 Å². The van der Waals surface area contributed by atoms with E-state index in [9.17, 15) is 4.79 Å². The minimum atomic E-state index is -0.200. The number of carbonyl (C=O) groups is 1. The zero-order valence-electron chi connectivity index (χ0n) is 9.82. The van der Waals surface area contributed by atoms with Crippen molar-refractivity contribution in [1.29, 1.82) is 0 Å². The van der Waals surface area contributed by atoms with Gasteiger partial charge in [-0.3, -0.25) is 10.2 Å². The van der Waals surface area contributed by atoms with Gasteiger partial charge in [0, 0.05) is 6.54 Å². The molecule has 0 saturated carbocycles.